The first-order valence-corrected chi connectivity index (χ1v) is 9.79. The lowest BCUT2D eigenvalue weighted by atomic mass is 10.1. The molecule has 0 fully saturated rings. The average Bonchev–Trinajstić information content (AvgIpc) is 2.63. The van der Waals surface area contributed by atoms with Gasteiger partial charge in [0.25, 0.3) is 0 Å². The smallest absolute Gasteiger partial charge is 0.156 e. The molecule has 0 unspecified atom stereocenters. The van der Waals surface area contributed by atoms with Gasteiger partial charge in [0.15, 0.2) is 5.75 Å². The van der Waals surface area contributed by atoms with Crippen LogP contribution in [-0.2, 0) is 13.2 Å². The Morgan fingerprint density at radius 1 is 0.741 bits per heavy atom. The highest BCUT2D eigenvalue weighted by molar-refractivity contribution is 6.42. The molecule has 140 valence electrons. The van der Waals surface area contributed by atoms with Gasteiger partial charge in [-0.05, 0) is 48.4 Å². The van der Waals surface area contributed by atoms with Crippen molar-refractivity contribution in [3.8, 4) is 5.75 Å². The maximum atomic E-state index is 6.38. The van der Waals surface area contributed by atoms with Crippen LogP contribution in [0.5, 0.6) is 5.75 Å². The molecule has 1 N–H and O–H groups in total. The Morgan fingerprint density at radius 3 is 2.04 bits per heavy atom. The minimum absolute atomic E-state index is 0.403. The summed E-state index contributed by atoms with van der Waals surface area (Å²) in [5.74, 6) is 0.484. The highest BCUT2D eigenvalue weighted by atomic mass is 35.5. The first kappa shape index (κ1) is 20.2. The number of rotatable bonds is 6. The first-order chi connectivity index (χ1) is 12.9. The monoisotopic (exact) mass is 439 g/mol. The molecule has 3 aromatic carbocycles. The van der Waals surface area contributed by atoms with Gasteiger partial charge in [0.2, 0.25) is 0 Å². The fourth-order valence-electron chi connectivity index (χ4n) is 2.50. The van der Waals surface area contributed by atoms with Gasteiger partial charge in [-0.25, -0.2) is 0 Å². The van der Waals surface area contributed by atoms with Gasteiger partial charge in [-0.15, -0.1) is 0 Å². The van der Waals surface area contributed by atoms with E-state index in [9.17, 15) is 0 Å². The third-order valence-electron chi connectivity index (χ3n) is 3.98. The SMILES string of the molecule is Cc1ccc(COc2c(Cl)cc(CNc3ccc(Cl)c(Cl)c3)cc2Cl)cc1. The molecule has 0 atom stereocenters. The summed E-state index contributed by atoms with van der Waals surface area (Å²) in [7, 11) is 0. The fourth-order valence-corrected chi connectivity index (χ4v) is 3.44. The van der Waals surface area contributed by atoms with Crippen molar-refractivity contribution in [2.24, 2.45) is 0 Å². The van der Waals surface area contributed by atoms with Crippen LogP contribution < -0.4 is 10.1 Å². The topological polar surface area (TPSA) is 21.3 Å². The van der Waals surface area contributed by atoms with Crippen LogP contribution in [0.1, 0.15) is 16.7 Å². The molecule has 0 aliphatic rings. The number of halogens is 4. The van der Waals surface area contributed by atoms with E-state index < -0.39 is 0 Å². The quantitative estimate of drug-likeness (QED) is 0.422. The molecule has 3 aromatic rings. The van der Waals surface area contributed by atoms with E-state index in [-0.39, 0.29) is 0 Å². The first-order valence-electron chi connectivity index (χ1n) is 8.27. The van der Waals surface area contributed by atoms with Crippen LogP contribution in [0.3, 0.4) is 0 Å². The van der Waals surface area contributed by atoms with Crippen molar-refractivity contribution in [1.82, 2.24) is 0 Å². The molecule has 0 bridgehead atoms. The maximum absolute atomic E-state index is 6.38. The van der Waals surface area contributed by atoms with Crippen molar-refractivity contribution >= 4 is 52.1 Å². The molecule has 0 heterocycles. The normalized spacial score (nSPS) is 10.7. The number of aryl methyl sites for hydroxylation is 1. The number of hydrogen-bond donors (Lipinski definition) is 1. The Bertz CT molecular complexity index is 918. The second kappa shape index (κ2) is 9.07. The summed E-state index contributed by atoms with van der Waals surface area (Å²) in [6.07, 6.45) is 0. The van der Waals surface area contributed by atoms with Crippen LogP contribution >= 0.6 is 46.4 Å². The summed E-state index contributed by atoms with van der Waals surface area (Å²) in [5, 5.41) is 5.23. The number of nitrogens with one attached hydrogen (secondary N) is 1. The lowest BCUT2D eigenvalue weighted by molar-refractivity contribution is 0.306. The summed E-state index contributed by atoms with van der Waals surface area (Å²) in [6.45, 7) is 2.99. The molecule has 3 rings (SSSR count). The molecule has 27 heavy (non-hydrogen) atoms. The second-order valence-electron chi connectivity index (χ2n) is 6.15. The molecule has 0 saturated heterocycles. The predicted molar refractivity (Wildman–Crippen MR) is 116 cm³/mol. The second-order valence-corrected chi connectivity index (χ2v) is 7.77. The van der Waals surface area contributed by atoms with Gasteiger partial charge in [0.05, 0.1) is 20.1 Å². The number of anilines is 1. The summed E-state index contributed by atoms with van der Waals surface area (Å²) in [5.41, 5.74) is 4.04. The maximum Gasteiger partial charge on any atom is 0.156 e. The van der Waals surface area contributed by atoms with Crippen molar-refractivity contribution in [3.63, 3.8) is 0 Å². The highest BCUT2D eigenvalue weighted by Crippen LogP contribution is 2.35. The zero-order chi connectivity index (χ0) is 19.4. The number of hydrogen-bond acceptors (Lipinski definition) is 2. The zero-order valence-corrected chi connectivity index (χ0v) is 17.6. The summed E-state index contributed by atoms with van der Waals surface area (Å²) >= 11 is 24.7. The number of ether oxygens (including phenoxy) is 1. The average molecular weight is 441 g/mol. The van der Waals surface area contributed by atoms with Gasteiger partial charge in [-0.1, -0.05) is 76.2 Å². The van der Waals surface area contributed by atoms with Crippen molar-refractivity contribution in [1.29, 1.82) is 0 Å². The Hall–Kier alpha value is -1.58. The van der Waals surface area contributed by atoms with E-state index in [4.69, 9.17) is 51.1 Å². The Labute approximate surface area is 179 Å². The van der Waals surface area contributed by atoms with Crippen LogP contribution in [0.2, 0.25) is 20.1 Å². The Balaban J connectivity index is 1.66. The largest absolute Gasteiger partial charge is 0.486 e. The van der Waals surface area contributed by atoms with Gasteiger partial charge in [-0.3, -0.25) is 0 Å². The van der Waals surface area contributed by atoms with E-state index in [1.165, 1.54) is 5.56 Å². The molecular weight excluding hydrogens is 424 g/mol. The van der Waals surface area contributed by atoms with E-state index in [1.807, 2.05) is 49.4 Å². The minimum atomic E-state index is 0.403. The molecule has 2 nitrogen and oxygen atoms in total. The van der Waals surface area contributed by atoms with Crippen LogP contribution in [0.25, 0.3) is 0 Å². The Kier molecular flexibility index (Phi) is 6.78. The van der Waals surface area contributed by atoms with Crippen molar-refractivity contribution < 1.29 is 4.74 Å². The summed E-state index contributed by atoms with van der Waals surface area (Å²) < 4.78 is 5.82. The summed E-state index contributed by atoms with van der Waals surface area (Å²) in [6, 6.07) is 17.2. The molecule has 0 aliphatic carbocycles. The van der Waals surface area contributed by atoms with Gasteiger partial charge in [0, 0.05) is 12.2 Å². The minimum Gasteiger partial charge on any atom is -0.486 e. The Morgan fingerprint density at radius 2 is 1.41 bits per heavy atom. The van der Waals surface area contributed by atoms with Gasteiger partial charge < -0.3 is 10.1 Å². The molecule has 0 spiro atoms. The van der Waals surface area contributed by atoms with E-state index in [0.717, 1.165) is 16.8 Å². The fraction of sp³-hybridized carbons (Fsp3) is 0.143. The van der Waals surface area contributed by atoms with E-state index in [0.29, 0.717) is 39.0 Å². The van der Waals surface area contributed by atoms with Crippen molar-refractivity contribution in [2.75, 3.05) is 5.32 Å². The molecule has 0 saturated carbocycles. The van der Waals surface area contributed by atoms with Crippen molar-refractivity contribution in [2.45, 2.75) is 20.1 Å². The van der Waals surface area contributed by atoms with E-state index in [1.54, 1.807) is 12.1 Å². The van der Waals surface area contributed by atoms with E-state index in [2.05, 4.69) is 5.32 Å². The lowest BCUT2D eigenvalue weighted by Gasteiger charge is -2.13. The molecule has 0 radical (unpaired) electrons. The van der Waals surface area contributed by atoms with E-state index >= 15 is 0 Å². The molecular formula is C21H17Cl4NO. The molecule has 0 amide bonds. The van der Waals surface area contributed by atoms with Crippen LogP contribution in [-0.4, -0.2) is 0 Å². The standard InChI is InChI=1S/C21H17Cl4NO/c1-13-2-4-14(5-3-13)12-27-21-19(24)8-15(9-20(21)25)11-26-16-6-7-17(22)18(23)10-16/h2-10,26H,11-12H2,1H3. The summed E-state index contributed by atoms with van der Waals surface area (Å²) in [4.78, 5) is 0. The molecule has 0 aliphatic heterocycles. The zero-order valence-electron chi connectivity index (χ0n) is 14.5. The van der Waals surface area contributed by atoms with Gasteiger partial charge in [-0.2, -0.15) is 0 Å². The van der Waals surface area contributed by atoms with Gasteiger partial charge >= 0.3 is 0 Å². The predicted octanol–water partition coefficient (Wildman–Crippen LogP) is 7.80. The van der Waals surface area contributed by atoms with Crippen LogP contribution in [0.15, 0.2) is 54.6 Å². The van der Waals surface area contributed by atoms with Crippen LogP contribution in [0, 0.1) is 6.92 Å². The highest BCUT2D eigenvalue weighted by Gasteiger charge is 2.10. The van der Waals surface area contributed by atoms with Gasteiger partial charge in [0.1, 0.15) is 6.61 Å². The molecule has 0 aromatic heterocycles. The number of benzene rings is 3. The third kappa shape index (κ3) is 5.46. The molecule has 6 heteroatoms. The van der Waals surface area contributed by atoms with Crippen LogP contribution in [0.4, 0.5) is 5.69 Å². The third-order valence-corrected chi connectivity index (χ3v) is 5.28. The lowest BCUT2D eigenvalue weighted by Crippen LogP contribution is -2.01. The van der Waals surface area contributed by atoms with Crippen molar-refractivity contribution in [3.05, 3.63) is 91.4 Å².